The van der Waals surface area contributed by atoms with Crippen molar-refractivity contribution in [3.05, 3.63) is 29.8 Å². The summed E-state index contributed by atoms with van der Waals surface area (Å²) >= 11 is 0. The van der Waals surface area contributed by atoms with Crippen LogP contribution < -0.4 is 14.3 Å². The van der Waals surface area contributed by atoms with Crippen LogP contribution in [0.1, 0.15) is 26.3 Å². The van der Waals surface area contributed by atoms with Crippen molar-refractivity contribution in [2.75, 3.05) is 0 Å². The summed E-state index contributed by atoms with van der Waals surface area (Å²) in [6.45, 7) is 6.11. The molecule has 4 nitrogen and oxygen atoms in total. The molecule has 0 saturated heterocycles. The van der Waals surface area contributed by atoms with E-state index in [1.54, 1.807) is 12.1 Å². The molecule has 0 spiro atoms. The summed E-state index contributed by atoms with van der Waals surface area (Å²) in [5.74, 6) is 0.0522. The van der Waals surface area contributed by atoms with Gasteiger partial charge in [0, 0.05) is 0 Å². The molecule has 0 amide bonds. The van der Waals surface area contributed by atoms with Crippen LogP contribution in [-0.4, -0.2) is 37.7 Å². The zero-order valence-corrected chi connectivity index (χ0v) is 12.7. The van der Waals surface area contributed by atoms with Crippen molar-refractivity contribution in [3.8, 4) is 5.75 Å². The molecule has 0 aromatic heterocycles. The van der Waals surface area contributed by atoms with Crippen molar-refractivity contribution in [1.82, 2.24) is 0 Å². The van der Waals surface area contributed by atoms with Crippen molar-refractivity contribution in [2.45, 2.75) is 26.2 Å². The average molecular weight is 268 g/mol. The molecule has 16 heavy (non-hydrogen) atoms. The fourth-order valence-corrected chi connectivity index (χ4v) is 1.52. The van der Waals surface area contributed by atoms with Crippen LogP contribution in [0.4, 0.5) is 0 Å². The Morgan fingerprint density at radius 1 is 1.12 bits per heavy atom. The van der Waals surface area contributed by atoms with Gasteiger partial charge in [-0.25, -0.2) is 0 Å². The van der Waals surface area contributed by atoms with Gasteiger partial charge in [0.2, 0.25) is 0 Å². The number of rotatable bonds is 2. The van der Waals surface area contributed by atoms with E-state index in [1.807, 2.05) is 20.8 Å². The minimum absolute atomic E-state index is 0. The van der Waals surface area contributed by atoms with Crippen LogP contribution in [0.3, 0.4) is 0 Å². The first-order valence-electron chi connectivity index (χ1n) is 4.51. The molecule has 1 aromatic carbocycles. The van der Waals surface area contributed by atoms with Gasteiger partial charge in [-0.3, -0.25) is 0 Å². The van der Waals surface area contributed by atoms with Gasteiger partial charge in [0.25, 0.3) is 0 Å². The molecule has 0 fully saturated rings. The maximum absolute atomic E-state index is 10.3. The van der Waals surface area contributed by atoms with Gasteiger partial charge in [0.1, 0.15) is 13.6 Å². The van der Waals surface area contributed by atoms with Crippen LogP contribution in [-0.2, 0) is 9.98 Å². The number of phosphoric ester groups is 1. The molecule has 0 aliphatic rings. The average Bonchev–Trinajstić information content (AvgIpc) is 2.00. The fourth-order valence-electron chi connectivity index (χ4n) is 1.14. The fraction of sp³-hybridized carbons (Fsp3) is 0.400. The Morgan fingerprint density at radius 2 is 1.56 bits per heavy atom. The molecule has 84 valence electrons. The van der Waals surface area contributed by atoms with Crippen LogP contribution in [0.2, 0.25) is 0 Å². The van der Waals surface area contributed by atoms with Gasteiger partial charge in [0.15, 0.2) is 0 Å². The Kier molecular flexibility index (Phi) is 6.01. The van der Waals surface area contributed by atoms with Crippen LogP contribution >= 0.6 is 7.82 Å². The standard InChI is InChI=1S/C10H15O4P.Ca/c1-10(2,3)8-4-6-9(7-5-8)14-15(11,12)13;/h4-7H,1-3H3,(H2,11,12,13);/q;+2/p-2. The molecule has 0 N–H and O–H groups in total. The van der Waals surface area contributed by atoms with E-state index in [1.165, 1.54) is 12.1 Å². The first-order chi connectivity index (χ1) is 6.68. The Balaban J connectivity index is 0.00000225. The summed E-state index contributed by atoms with van der Waals surface area (Å²) in [6.07, 6.45) is 0. The van der Waals surface area contributed by atoms with Crippen molar-refractivity contribution in [3.63, 3.8) is 0 Å². The summed E-state index contributed by atoms with van der Waals surface area (Å²) in [7, 11) is -4.94. The molecule has 0 heterocycles. The van der Waals surface area contributed by atoms with E-state index in [0.29, 0.717) is 0 Å². The van der Waals surface area contributed by atoms with Crippen molar-refractivity contribution >= 4 is 45.6 Å². The maximum atomic E-state index is 10.3. The second-order valence-corrected chi connectivity index (χ2v) is 5.39. The molecule has 0 aliphatic heterocycles. The van der Waals surface area contributed by atoms with Crippen molar-refractivity contribution < 1.29 is 18.9 Å². The van der Waals surface area contributed by atoms with E-state index in [4.69, 9.17) is 0 Å². The second kappa shape index (κ2) is 5.85. The van der Waals surface area contributed by atoms with Gasteiger partial charge >= 0.3 is 37.7 Å². The maximum Gasteiger partial charge on any atom is 2.00 e. The Hall–Kier alpha value is 0.430. The normalized spacial score (nSPS) is 11.8. The topological polar surface area (TPSA) is 72.4 Å². The van der Waals surface area contributed by atoms with E-state index in [0.717, 1.165) is 5.56 Å². The van der Waals surface area contributed by atoms with E-state index < -0.39 is 7.82 Å². The summed E-state index contributed by atoms with van der Waals surface area (Å²) in [5, 5.41) is 0. The molecular weight excluding hydrogens is 255 g/mol. The molecule has 0 radical (unpaired) electrons. The van der Waals surface area contributed by atoms with Gasteiger partial charge in [-0.05, 0) is 23.1 Å². The number of benzene rings is 1. The van der Waals surface area contributed by atoms with Gasteiger partial charge in [-0.1, -0.05) is 32.9 Å². The smallest absolute Gasteiger partial charge is 0.780 e. The third-order valence-electron chi connectivity index (χ3n) is 1.94. The summed E-state index contributed by atoms with van der Waals surface area (Å²) in [4.78, 5) is 20.7. The molecule has 0 saturated carbocycles. The first kappa shape index (κ1) is 16.4. The van der Waals surface area contributed by atoms with Gasteiger partial charge in [-0.15, -0.1) is 0 Å². The number of hydrogen-bond acceptors (Lipinski definition) is 4. The quantitative estimate of drug-likeness (QED) is 0.587. The van der Waals surface area contributed by atoms with Gasteiger partial charge in [0.05, 0.1) is 0 Å². The van der Waals surface area contributed by atoms with Crippen LogP contribution in [0, 0.1) is 0 Å². The second-order valence-electron chi connectivity index (χ2n) is 4.31. The Bertz CT molecular complexity index is 377. The Morgan fingerprint density at radius 3 is 1.88 bits per heavy atom. The van der Waals surface area contributed by atoms with Crippen LogP contribution in [0.15, 0.2) is 24.3 Å². The number of phosphoric acid groups is 1. The Labute approximate surface area is 125 Å². The summed E-state index contributed by atoms with van der Waals surface area (Å²) in [5.41, 5.74) is 1.03. The van der Waals surface area contributed by atoms with E-state index >= 15 is 0 Å². The minimum atomic E-state index is -4.94. The third-order valence-corrected chi connectivity index (χ3v) is 2.37. The molecule has 1 aromatic rings. The molecule has 6 heteroatoms. The van der Waals surface area contributed by atoms with Crippen LogP contribution in [0.25, 0.3) is 0 Å². The van der Waals surface area contributed by atoms with E-state index in [2.05, 4.69) is 4.52 Å². The predicted octanol–water partition coefficient (Wildman–Crippen LogP) is 0.811. The molecule has 0 atom stereocenters. The minimum Gasteiger partial charge on any atom is -0.780 e. The largest absolute Gasteiger partial charge is 2.00 e. The van der Waals surface area contributed by atoms with Crippen molar-refractivity contribution in [2.24, 2.45) is 0 Å². The molecule has 0 bridgehead atoms. The third kappa shape index (κ3) is 5.67. The molecule has 0 unspecified atom stereocenters. The zero-order chi connectivity index (χ0) is 11.7. The molecule has 0 aliphatic carbocycles. The first-order valence-corrected chi connectivity index (χ1v) is 5.97. The summed E-state index contributed by atoms with van der Waals surface area (Å²) < 4.78 is 14.5. The molecule has 1 rings (SSSR count). The zero-order valence-electron chi connectivity index (χ0n) is 9.60. The number of hydrogen-bond donors (Lipinski definition) is 0. The monoisotopic (exact) mass is 268 g/mol. The SMILES string of the molecule is CC(C)(C)c1ccc(OP(=O)([O-])[O-])cc1.[Ca+2]. The molecular formula is C10H13CaO4P. The van der Waals surface area contributed by atoms with Gasteiger partial charge in [-0.2, -0.15) is 0 Å². The van der Waals surface area contributed by atoms with E-state index in [9.17, 15) is 14.4 Å². The summed E-state index contributed by atoms with van der Waals surface area (Å²) in [6, 6.07) is 6.43. The van der Waals surface area contributed by atoms with Crippen LogP contribution in [0.5, 0.6) is 5.75 Å². The van der Waals surface area contributed by atoms with E-state index in [-0.39, 0.29) is 48.9 Å². The van der Waals surface area contributed by atoms with Gasteiger partial charge < -0.3 is 18.9 Å². The predicted molar refractivity (Wildman–Crippen MR) is 59.1 cm³/mol. The van der Waals surface area contributed by atoms with Crippen molar-refractivity contribution in [1.29, 1.82) is 0 Å².